The molecule has 19 heteroatoms. The van der Waals surface area contributed by atoms with E-state index in [0.29, 0.717) is 0 Å². The third-order valence-electron chi connectivity index (χ3n) is 5.26. The summed E-state index contributed by atoms with van der Waals surface area (Å²) in [4.78, 5) is 45.2. The number of phosphoric acid groups is 2. The molecule has 2 aliphatic heterocycles. The molecule has 1 aromatic heterocycles. The smallest absolute Gasteiger partial charge is 0.394 e. The average molecular weight is 548 g/mol. The Morgan fingerprint density at radius 1 is 1.09 bits per heavy atom. The van der Waals surface area contributed by atoms with E-state index in [4.69, 9.17) is 14.6 Å². The largest absolute Gasteiger partial charge is 0.483 e. The van der Waals surface area contributed by atoms with Gasteiger partial charge in [0, 0.05) is 11.8 Å². The van der Waals surface area contributed by atoms with Gasteiger partial charge in [0.2, 0.25) is 0 Å². The number of rotatable bonds is 9. The quantitative estimate of drug-likeness (QED) is 0.158. The number of aliphatic hydroxyl groups excluding tert-OH is 4. The van der Waals surface area contributed by atoms with E-state index in [1.807, 2.05) is 0 Å². The van der Waals surface area contributed by atoms with Crippen molar-refractivity contribution in [3.8, 4) is 0 Å². The van der Waals surface area contributed by atoms with Gasteiger partial charge >= 0.3 is 21.3 Å². The van der Waals surface area contributed by atoms with Crippen LogP contribution in [0.1, 0.15) is 24.6 Å². The number of aryl methyl sites for hydroxylation is 1. The van der Waals surface area contributed by atoms with Gasteiger partial charge in [-0.25, -0.2) is 13.9 Å². The fourth-order valence-electron chi connectivity index (χ4n) is 3.45. The zero-order valence-corrected chi connectivity index (χ0v) is 19.9. The Hall–Kier alpha value is -1.30. The van der Waals surface area contributed by atoms with E-state index < -0.39 is 83.1 Å². The topological polar surface area (TPSA) is 257 Å². The van der Waals surface area contributed by atoms with Gasteiger partial charge in [0.25, 0.3) is 5.56 Å². The summed E-state index contributed by atoms with van der Waals surface area (Å²) < 4.78 is 49.2. The number of phosphoric ester groups is 2. The van der Waals surface area contributed by atoms with Crippen molar-refractivity contribution in [2.24, 2.45) is 0 Å². The molecular formula is C16H26N2O15P2. The van der Waals surface area contributed by atoms with Gasteiger partial charge in [-0.3, -0.25) is 23.4 Å². The maximum atomic E-state index is 12.2. The highest BCUT2D eigenvalue weighted by atomic mass is 31.3. The van der Waals surface area contributed by atoms with Crippen molar-refractivity contribution in [3.05, 3.63) is 32.6 Å². The Bertz CT molecular complexity index is 1110. The number of aliphatic hydroxyl groups is 4. The summed E-state index contributed by atoms with van der Waals surface area (Å²) in [6.07, 6.45) is -9.14. The summed E-state index contributed by atoms with van der Waals surface area (Å²) in [6.45, 7) is 0.0423. The van der Waals surface area contributed by atoms with Crippen LogP contribution < -0.4 is 11.2 Å². The van der Waals surface area contributed by atoms with Crippen molar-refractivity contribution in [1.29, 1.82) is 0 Å². The number of aromatic nitrogens is 2. The van der Waals surface area contributed by atoms with E-state index in [2.05, 4.69) is 18.3 Å². The molecule has 0 saturated carbocycles. The third-order valence-corrected chi connectivity index (χ3v) is 7.86. The molecule has 2 aliphatic rings. The zero-order valence-electron chi connectivity index (χ0n) is 18.1. The zero-order chi connectivity index (χ0) is 26.1. The number of hydrogen-bond donors (Lipinski definition) is 7. The third kappa shape index (κ3) is 6.93. The molecule has 2 saturated heterocycles. The first kappa shape index (κ1) is 28.3. The number of ether oxygens (including phenoxy) is 2. The first-order valence-electron chi connectivity index (χ1n) is 10.2. The Balaban J connectivity index is 1.55. The molecule has 3 rings (SSSR count). The van der Waals surface area contributed by atoms with Crippen LogP contribution in [0.2, 0.25) is 0 Å². The van der Waals surface area contributed by atoms with Crippen LogP contribution in [0, 0.1) is 6.92 Å². The van der Waals surface area contributed by atoms with Crippen molar-refractivity contribution in [1.82, 2.24) is 9.55 Å². The number of nitrogens with one attached hydrogen (secondary N) is 1. The molecule has 0 amide bonds. The number of aromatic amines is 1. The van der Waals surface area contributed by atoms with Crippen molar-refractivity contribution in [3.63, 3.8) is 0 Å². The summed E-state index contributed by atoms with van der Waals surface area (Å²) in [5, 5.41) is 38.4. The van der Waals surface area contributed by atoms with E-state index in [-0.39, 0.29) is 18.4 Å². The first-order valence-corrected chi connectivity index (χ1v) is 13.2. The minimum Gasteiger partial charge on any atom is -0.394 e. The van der Waals surface area contributed by atoms with Gasteiger partial charge < -0.3 is 39.7 Å². The molecule has 5 unspecified atom stereocenters. The highest BCUT2D eigenvalue weighted by molar-refractivity contribution is 7.61. The minimum atomic E-state index is -5.46. The molecule has 3 heterocycles. The van der Waals surface area contributed by atoms with Crippen molar-refractivity contribution in [2.75, 3.05) is 13.2 Å². The summed E-state index contributed by atoms with van der Waals surface area (Å²) in [5.74, 6) is 0. The fraction of sp³-hybridized carbons (Fsp3) is 0.750. The van der Waals surface area contributed by atoms with Crippen LogP contribution in [0.5, 0.6) is 0 Å². The Morgan fingerprint density at radius 3 is 2.43 bits per heavy atom. The van der Waals surface area contributed by atoms with Gasteiger partial charge in [-0.15, -0.1) is 0 Å². The lowest BCUT2D eigenvalue weighted by Gasteiger charge is -2.39. The van der Waals surface area contributed by atoms with Gasteiger partial charge in [-0.1, -0.05) is 0 Å². The molecule has 200 valence electrons. The van der Waals surface area contributed by atoms with Crippen LogP contribution in [0.15, 0.2) is 15.8 Å². The SMILES string of the molecule is Cc1cn([C@H]2CC[C@@H](COP(=O)(O)OP(=O)(O)O[C@H]3OC(CO)[C@@H](O)C(O)C3O)O2)c(=O)[nH]c1=O. The predicted molar refractivity (Wildman–Crippen MR) is 111 cm³/mol. The Kier molecular flexibility index (Phi) is 8.87. The molecule has 9 atom stereocenters. The first-order chi connectivity index (χ1) is 16.2. The van der Waals surface area contributed by atoms with Gasteiger partial charge in [-0.05, 0) is 19.8 Å². The van der Waals surface area contributed by atoms with E-state index in [1.54, 1.807) is 0 Å². The van der Waals surface area contributed by atoms with Crippen LogP contribution in [-0.4, -0.2) is 89.8 Å². The van der Waals surface area contributed by atoms with Crippen LogP contribution in [0.4, 0.5) is 0 Å². The number of hydrogen-bond acceptors (Lipinski definition) is 13. The molecule has 17 nitrogen and oxygen atoms in total. The van der Waals surface area contributed by atoms with Crippen molar-refractivity contribution in [2.45, 2.75) is 62.8 Å². The molecular weight excluding hydrogens is 522 g/mol. The highest BCUT2D eigenvalue weighted by Gasteiger charge is 2.48. The van der Waals surface area contributed by atoms with E-state index in [1.165, 1.54) is 13.1 Å². The van der Waals surface area contributed by atoms with Crippen LogP contribution in [0.3, 0.4) is 0 Å². The lowest BCUT2D eigenvalue weighted by atomic mass is 10.00. The molecule has 7 N–H and O–H groups in total. The maximum Gasteiger partial charge on any atom is 0.483 e. The summed E-state index contributed by atoms with van der Waals surface area (Å²) >= 11 is 0. The molecule has 0 radical (unpaired) electrons. The standard InChI is InChI=1S/C16H26N2O15P2/c1-7-4-18(16(24)17-14(7)23)10-3-2-8(30-10)6-29-34(25,26)33-35(27,28)32-15-13(22)12(21)11(20)9(5-19)31-15/h4,8-13,15,19-22H,2-3,5-6H2,1H3,(H,25,26)(H,27,28)(H,17,23,24)/t8-,9?,10+,11+,12?,13?,15+/m0/s1. The lowest BCUT2D eigenvalue weighted by Crippen LogP contribution is -2.58. The number of H-pyrrole nitrogens is 1. The molecule has 0 spiro atoms. The Labute approximate surface area is 196 Å². The molecule has 1 aromatic rings. The average Bonchev–Trinajstić information content (AvgIpc) is 3.23. The molecule has 35 heavy (non-hydrogen) atoms. The molecule has 0 aromatic carbocycles. The second-order valence-electron chi connectivity index (χ2n) is 7.89. The summed E-state index contributed by atoms with van der Waals surface area (Å²) in [7, 11) is -10.7. The second kappa shape index (κ2) is 11.0. The van der Waals surface area contributed by atoms with Crippen LogP contribution >= 0.6 is 15.6 Å². The number of nitrogens with zero attached hydrogens (tertiary/aromatic N) is 1. The van der Waals surface area contributed by atoms with E-state index in [0.717, 1.165) is 4.57 Å². The second-order valence-corrected chi connectivity index (χ2v) is 10.9. The summed E-state index contributed by atoms with van der Waals surface area (Å²) in [6, 6.07) is 0. The highest BCUT2D eigenvalue weighted by Crippen LogP contribution is 2.61. The molecule has 0 aliphatic carbocycles. The molecule has 2 fully saturated rings. The Morgan fingerprint density at radius 2 is 1.77 bits per heavy atom. The predicted octanol–water partition coefficient (Wildman–Crippen LogP) is -2.43. The minimum absolute atomic E-state index is 0.257. The maximum absolute atomic E-state index is 12.2. The lowest BCUT2D eigenvalue weighted by molar-refractivity contribution is -0.280. The van der Waals surface area contributed by atoms with E-state index >= 15 is 0 Å². The van der Waals surface area contributed by atoms with Crippen LogP contribution in [-0.2, 0) is 32.0 Å². The summed E-state index contributed by atoms with van der Waals surface area (Å²) in [5.41, 5.74) is -1.00. The van der Waals surface area contributed by atoms with Crippen LogP contribution in [0.25, 0.3) is 0 Å². The van der Waals surface area contributed by atoms with Crippen molar-refractivity contribution < 1.29 is 62.2 Å². The van der Waals surface area contributed by atoms with E-state index in [9.17, 15) is 43.8 Å². The van der Waals surface area contributed by atoms with Gasteiger partial charge in [0.1, 0.15) is 30.6 Å². The fourth-order valence-corrected chi connectivity index (χ4v) is 5.63. The monoisotopic (exact) mass is 548 g/mol. The van der Waals surface area contributed by atoms with Gasteiger partial charge in [0.15, 0.2) is 6.29 Å². The normalized spacial score (nSPS) is 34.9. The van der Waals surface area contributed by atoms with Gasteiger partial charge in [-0.2, -0.15) is 4.31 Å². The van der Waals surface area contributed by atoms with Crippen molar-refractivity contribution >= 4 is 15.6 Å². The van der Waals surface area contributed by atoms with Gasteiger partial charge in [0.05, 0.1) is 19.3 Å². The molecule has 0 bridgehead atoms.